The summed E-state index contributed by atoms with van der Waals surface area (Å²) in [6.45, 7) is 2.12. The molecule has 0 spiro atoms. The highest BCUT2D eigenvalue weighted by Crippen LogP contribution is 2.16. The van der Waals surface area contributed by atoms with E-state index in [1.54, 1.807) is 11.3 Å². The SMILES string of the molecule is CCCc1cc(CC(=O)O)cs1. The molecule has 0 saturated carbocycles. The highest BCUT2D eigenvalue weighted by atomic mass is 32.1. The summed E-state index contributed by atoms with van der Waals surface area (Å²) in [5.41, 5.74) is 0.927. The second-order valence-electron chi connectivity index (χ2n) is 2.74. The fraction of sp³-hybridized carbons (Fsp3) is 0.444. The first-order valence-corrected chi connectivity index (χ1v) is 4.88. The Hall–Kier alpha value is -0.830. The van der Waals surface area contributed by atoms with Gasteiger partial charge in [-0.15, -0.1) is 11.3 Å². The van der Waals surface area contributed by atoms with Crippen molar-refractivity contribution in [1.29, 1.82) is 0 Å². The molecule has 0 saturated heterocycles. The molecule has 0 amide bonds. The molecule has 0 atom stereocenters. The van der Waals surface area contributed by atoms with Crippen molar-refractivity contribution < 1.29 is 9.90 Å². The van der Waals surface area contributed by atoms with Crippen LogP contribution >= 0.6 is 11.3 Å². The Balaban J connectivity index is 2.58. The number of rotatable bonds is 4. The van der Waals surface area contributed by atoms with Gasteiger partial charge in [-0.2, -0.15) is 0 Å². The van der Waals surface area contributed by atoms with E-state index in [0.29, 0.717) is 0 Å². The molecule has 1 aromatic heterocycles. The Morgan fingerprint density at radius 3 is 3.00 bits per heavy atom. The number of thiophene rings is 1. The fourth-order valence-electron chi connectivity index (χ4n) is 1.07. The van der Waals surface area contributed by atoms with Crippen LogP contribution in [0.2, 0.25) is 0 Å². The number of aliphatic carboxylic acids is 1. The molecule has 0 aliphatic carbocycles. The summed E-state index contributed by atoms with van der Waals surface area (Å²) in [5, 5.41) is 10.4. The summed E-state index contributed by atoms with van der Waals surface area (Å²) in [5.74, 6) is -0.754. The lowest BCUT2D eigenvalue weighted by atomic mass is 10.2. The molecule has 3 heteroatoms. The normalized spacial score (nSPS) is 10.1. The third kappa shape index (κ3) is 2.66. The summed E-state index contributed by atoms with van der Waals surface area (Å²) in [7, 11) is 0. The third-order valence-corrected chi connectivity index (χ3v) is 2.61. The van der Waals surface area contributed by atoms with Crippen molar-refractivity contribution >= 4 is 17.3 Å². The van der Waals surface area contributed by atoms with Gasteiger partial charge in [0, 0.05) is 4.88 Å². The van der Waals surface area contributed by atoms with Crippen LogP contribution in [0.4, 0.5) is 0 Å². The van der Waals surface area contributed by atoms with Gasteiger partial charge >= 0.3 is 5.97 Å². The number of aryl methyl sites for hydroxylation is 1. The molecule has 1 aromatic rings. The van der Waals surface area contributed by atoms with Crippen LogP contribution in [0.5, 0.6) is 0 Å². The minimum Gasteiger partial charge on any atom is -0.481 e. The maximum absolute atomic E-state index is 10.3. The Morgan fingerprint density at radius 1 is 1.67 bits per heavy atom. The molecule has 1 rings (SSSR count). The summed E-state index contributed by atoms with van der Waals surface area (Å²) < 4.78 is 0. The molecule has 66 valence electrons. The van der Waals surface area contributed by atoms with Crippen LogP contribution in [-0.4, -0.2) is 11.1 Å². The maximum atomic E-state index is 10.3. The maximum Gasteiger partial charge on any atom is 0.307 e. The van der Waals surface area contributed by atoms with E-state index in [0.717, 1.165) is 18.4 Å². The van der Waals surface area contributed by atoms with Crippen molar-refractivity contribution in [1.82, 2.24) is 0 Å². The van der Waals surface area contributed by atoms with E-state index in [-0.39, 0.29) is 6.42 Å². The molecular weight excluding hydrogens is 172 g/mol. The topological polar surface area (TPSA) is 37.3 Å². The Bertz CT molecular complexity index is 265. The van der Waals surface area contributed by atoms with Crippen molar-refractivity contribution in [3.63, 3.8) is 0 Å². The van der Waals surface area contributed by atoms with Gasteiger partial charge in [0.05, 0.1) is 6.42 Å². The van der Waals surface area contributed by atoms with Gasteiger partial charge in [-0.25, -0.2) is 0 Å². The number of carboxylic acid groups (broad SMARTS) is 1. The average Bonchev–Trinajstić information content (AvgIpc) is 2.36. The van der Waals surface area contributed by atoms with Crippen LogP contribution in [0.15, 0.2) is 11.4 Å². The van der Waals surface area contributed by atoms with Crippen molar-refractivity contribution in [3.05, 3.63) is 21.9 Å². The zero-order valence-electron chi connectivity index (χ0n) is 7.04. The highest BCUT2D eigenvalue weighted by molar-refractivity contribution is 7.10. The van der Waals surface area contributed by atoms with E-state index in [9.17, 15) is 4.79 Å². The lowest BCUT2D eigenvalue weighted by molar-refractivity contribution is -0.136. The number of carboxylic acids is 1. The van der Waals surface area contributed by atoms with Gasteiger partial charge in [0.25, 0.3) is 0 Å². The quantitative estimate of drug-likeness (QED) is 0.779. The Labute approximate surface area is 75.9 Å². The molecule has 0 bridgehead atoms. The summed E-state index contributed by atoms with van der Waals surface area (Å²) >= 11 is 1.65. The second kappa shape index (κ2) is 4.26. The van der Waals surface area contributed by atoms with Crippen molar-refractivity contribution in [2.75, 3.05) is 0 Å². The van der Waals surface area contributed by atoms with Crippen LogP contribution in [-0.2, 0) is 17.6 Å². The van der Waals surface area contributed by atoms with E-state index >= 15 is 0 Å². The van der Waals surface area contributed by atoms with Gasteiger partial charge < -0.3 is 5.11 Å². The van der Waals surface area contributed by atoms with Gasteiger partial charge in [0.1, 0.15) is 0 Å². The molecule has 0 unspecified atom stereocenters. The van der Waals surface area contributed by atoms with E-state index in [1.165, 1.54) is 4.88 Å². The first-order valence-electron chi connectivity index (χ1n) is 4.00. The number of carbonyl (C=O) groups is 1. The second-order valence-corrected chi connectivity index (χ2v) is 3.74. The van der Waals surface area contributed by atoms with Crippen molar-refractivity contribution in [2.45, 2.75) is 26.2 Å². The predicted molar refractivity (Wildman–Crippen MR) is 49.7 cm³/mol. The van der Waals surface area contributed by atoms with Gasteiger partial charge in [0.15, 0.2) is 0 Å². The number of hydrogen-bond donors (Lipinski definition) is 1. The van der Waals surface area contributed by atoms with E-state index in [1.807, 2.05) is 11.4 Å². The van der Waals surface area contributed by atoms with Crippen LogP contribution < -0.4 is 0 Å². The molecule has 0 aliphatic heterocycles. The average molecular weight is 184 g/mol. The lowest BCUT2D eigenvalue weighted by Crippen LogP contribution is -1.97. The lowest BCUT2D eigenvalue weighted by Gasteiger charge is -1.89. The van der Waals surface area contributed by atoms with Crippen LogP contribution in [0.25, 0.3) is 0 Å². The smallest absolute Gasteiger partial charge is 0.307 e. The van der Waals surface area contributed by atoms with Crippen LogP contribution in [0, 0.1) is 0 Å². The number of hydrogen-bond acceptors (Lipinski definition) is 2. The standard InChI is InChI=1S/C9H12O2S/c1-2-3-8-4-7(6-12-8)5-9(10)11/h4,6H,2-3,5H2,1H3,(H,10,11). The predicted octanol–water partition coefficient (Wildman–Crippen LogP) is 2.33. The van der Waals surface area contributed by atoms with E-state index < -0.39 is 5.97 Å². The zero-order chi connectivity index (χ0) is 8.97. The minimum absolute atomic E-state index is 0.153. The first kappa shape index (κ1) is 9.26. The minimum atomic E-state index is -0.754. The van der Waals surface area contributed by atoms with Crippen molar-refractivity contribution in [3.8, 4) is 0 Å². The van der Waals surface area contributed by atoms with Gasteiger partial charge in [-0.05, 0) is 23.4 Å². The summed E-state index contributed by atoms with van der Waals surface area (Å²) in [4.78, 5) is 11.6. The summed E-state index contributed by atoms with van der Waals surface area (Å²) in [6, 6.07) is 1.99. The molecule has 12 heavy (non-hydrogen) atoms. The molecular formula is C9H12O2S. The monoisotopic (exact) mass is 184 g/mol. The Kier molecular flexibility index (Phi) is 3.29. The first-order chi connectivity index (χ1) is 5.72. The third-order valence-electron chi connectivity index (χ3n) is 1.56. The fourth-order valence-corrected chi connectivity index (χ4v) is 2.07. The molecule has 1 N–H and O–H groups in total. The van der Waals surface area contributed by atoms with Gasteiger partial charge in [-0.3, -0.25) is 4.79 Å². The molecule has 1 heterocycles. The Morgan fingerprint density at radius 2 is 2.42 bits per heavy atom. The molecule has 0 radical (unpaired) electrons. The molecule has 0 aliphatic rings. The highest BCUT2D eigenvalue weighted by Gasteiger charge is 2.02. The molecule has 2 nitrogen and oxygen atoms in total. The van der Waals surface area contributed by atoms with Gasteiger partial charge in [-0.1, -0.05) is 13.3 Å². The molecule has 0 fully saturated rings. The summed E-state index contributed by atoms with van der Waals surface area (Å²) in [6.07, 6.45) is 2.33. The molecule has 0 aromatic carbocycles. The van der Waals surface area contributed by atoms with Crippen LogP contribution in [0.1, 0.15) is 23.8 Å². The largest absolute Gasteiger partial charge is 0.481 e. The zero-order valence-corrected chi connectivity index (χ0v) is 7.86. The van der Waals surface area contributed by atoms with E-state index in [4.69, 9.17) is 5.11 Å². The van der Waals surface area contributed by atoms with Gasteiger partial charge in [0.2, 0.25) is 0 Å². The van der Waals surface area contributed by atoms with Crippen molar-refractivity contribution in [2.24, 2.45) is 0 Å². The van der Waals surface area contributed by atoms with E-state index in [2.05, 4.69) is 6.92 Å². The van der Waals surface area contributed by atoms with Crippen LogP contribution in [0.3, 0.4) is 0 Å².